The average Bonchev–Trinajstić information content (AvgIpc) is 2.94. The number of carbonyl (C=O) groups excluding carboxylic acids is 4. The van der Waals surface area contributed by atoms with Crippen LogP contribution in [0.4, 0.5) is 4.79 Å². The molecule has 0 spiro atoms. The van der Waals surface area contributed by atoms with Gasteiger partial charge in [0, 0.05) is 49.7 Å². The molecule has 0 aromatic carbocycles. The summed E-state index contributed by atoms with van der Waals surface area (Å²) in [6.45, 7) is 7.35. The first-order chi connectivity index (χ1) is 19.8. The van der Waals surface area contributed by atoms with Gasteiger partial charge in [0.05, 0.1) is 23.6 Å². The van der Waals surface area contributed by atoms with Crippen LogP contribution in [0.3, 0.4) is 0 Å². The van der Waals surface area contributed by atoms with Gasteiger partial charge in [-0.2, -0.15) is 12.6 Å². The Balaban J connectivity index is 2.61. The van der Waals surface area contributed by atoms with Gasteiger partial charge in [0.2, 0.25) is 11.6 Å². The highest BCUT2D eigenvalue weighted by molar-refractivity contribution is 7.80. The summed E-state index contributed by atoms with van der Waals surface area (Å²) < 4.78 is 16.6. The second-order valence-electron chi connectivity index (χ2n) is 10.6. The second kappa shape index (κ2) is 16.4. The number of Topliss-reactive ketones (excluding diaryl/α,β-unsaturated/α-hetero) is 1. The van der Waals surface area contributed by atoms with Crippen LogP contribution in [0.2, 0.25) is 0 Å². The lowest BCUT2D eigenvalue weighted by atomic mass is 9.85. The van der Waals surface area contributed by atoms with E-state index in [1.807, 2.05) is 6.92 Å². The van der Waals surface area contributed by atoms with E-state index < -0.39 is 53.9 Å². The number of ketones is 2. The molecule has 12 heteroatoms. The van der Waals surface area contributed by atoms with Crippen molar-refractivity contribution in [1.29, 1.82) is 0 Å². The number of aliphatic hydroxyl groups excluding tert-OH is 1. The standard InChI is InChI=1S/C30H43N3O8S/c1-16-12-20-25(32-10-11-42)22(34)15-21(27(20)36)33-29(37)17(2)8-7-9-23(39-5)28(41-30(31)38)19(4)14-18(3)26(35)24(13-16)40-6/h7-9,14-16,18,23-24,26,28,32,35,42H,10-13H2,1-6H3,(H2,31,38)(H,33,37)/b9-7+,17-8-,19-14+/t16-,18+,23+,24+,26-,28+/m1/s1. The van der Waals surface area contributed by atoms with Gasteiger partial charge in [-0.3, -0.25) is 14.4 Å². The SMILES string of the molecule is CO[C@H]1/C=C/C=C(/C)C(=O)NC2=CC(=O)C(NCCS)=C(C[C@@H](C)C[C@H](OC)[C@H](O)[C@@H](C)/C=C(\C)[C@@H]1OC(N)=O)C2=O. The number of rotatable bonds is 6. The summed E-state index contributed by atoms with van der Waals surface area (Å²) >= 11 is 4.19. The molecule has 232 valence electrons. The van der Waals surface area contributed by atoms with Gasteiger partial charge in [-0.15, -0.1) is 0 Å². The Labute approximate surface area is 252 Å². The number of methoxy groups -OCH3 is 2. The highest BCUT2D eigenvalue weighted by Crippen LogP contribution is 2.28. The molecule has 2 amide bonds. The molecule has 0 saturated carbocycles. The van der Waals surface area contributed by atoms with Gasteiger partial charge in [0.15, 0.2) is 6.10 Å². The van der Waals surface area contributed by atoms with Crippen LogP contribution >= 0.6 is 12.6 Å². The van der Waals surface area contributed by atoms with Crippen molar-refractivity contribution in [1.82, 2.24) is 10.6 Å². The summed E-state index contributed by atoms with van der Waals surface area (Å²) in [5, 5.41) is 16.8. The number of ether oxygens (including phenoxy) is 3. The molecule has 1 aliphatic carbocycles. The van der Waals surface area contributed by atoms with E-state index >= 15 is 0 Å². The Morgan fingerprint density at radius 1 is 1.19 bits per heavy atom. The average molecular weight is 606 g/mol. The minimum absolute atomic E-state index is 0.125. The van der Waals surface area contributed by atoms with E-state index in [4.69, 9.17) is 19.9 Å². The van der Waals surface area contributed by atoms with Crippen molar-refractivity contribution in [3.05, 3.63) is 58.5 Å². The highest BCUT2D eigenvalue weighted by Gasteiger charge is 2.33. The number of hydrogen-bond acceptors (Lipinski definition) is 10. The van der Waals surface area contributed by atoms with Gasteiger partial charge in [-0.05, 0) is 38.2 Å². The van der Waals surface area contributed by atoms with E-state index in [0.29, 0.717) is 24.3 Å². The number of nitrogens with one attached hydrogen (secondary N) is 2. The Hall–Kier alpha value is -3.19. The maximum absolute atomic E-state index is 13.6. The van der Waals surface area contributed by atoms with Gasteiger partial charge in [-0.25, -0.2) is 4.79 Å². The third-order valence-corrected chi connectivity index (χ3v) is 7.43. The fourth-order valence-corrected chi connectivity index (χ4v) is 5.07. The number of primary amides is 1. The zero-order valence-corrected chi connectivity index (χ0v) is 25.9. The number of fused-ring (bicyclic) bond motifs is 2. The molecule has 5 N–H and O–H groups in total. The van der Waals surface area contributed by atoms with Crippen molar-refractivity contribution < 1.29 is 38.5 Å². The van der Waals surface area contributed by atoms with E-state index in [1.54, 1.807) is 39.0 Å². The van der Waals surface area contributed by atoms with E-state index in [1.165, 1.54) is 20.3 Å². The molecule has 0 saturated heterocycles. The lowest BCUT2D eigenvalue weighted by Crippen LogP contribution is -2.38. The highest BCUT2D eigenvalue weighted by atomic mass is 32.1. The second-order valence-corrected chi connectivity index (χ2v) is 11.0. The van der Waals surface area contributed by atoms with E-state index in [9.17, 15) is 24.3 Å². The van der Waals surface area contributed by atoms with Crippen LogP contribution in [0.1, 0.15) is 40.5 Å². The molecule has 2 bridgehead atoms. The van der Waals surface area contributed by atoms with Crippen LogP contribution in [0.5, 0.6) is 0 Å². The van der Waals surface area contributed by atoms with Crippen LogP contribution in [-0.2, 0) is 28.6 Å². The van der Waals surface area contributed by atoms with Crippen molar-refractivity contribution >= 4 is 36.2 Å². The number of thiol groups is 1. The Morgan fingerprint density at radius 3 is 2.48 bits per heavy atom. The molecule has 2 rings (SSSR count). The number of nitrogens with two attached hydrogens (primary N) is 1. The molecule has 6 atom stereocenters. The fraction of sp³-hybridized carbons (Fsp3) is 0.533. The smallest absolute Gasteiger partial charge is 0.405 e. The molecule has 0 radical (unpaired) electrons. The molecule has 0 unspecified atom stereocenters. The molecule has 0 aromatic heterocycles. The molecule has 42 heavy (non-hydrogen) atoms. The molecule has 2 aliphatic rings. The fourth-order valence-electron chi connectivity index (χ4n) is 4.96. The molecule has 0 aromatic rings. The first-order valence-electron chi connectivity index (χ1n) is 13.8. The minimum atomic E-state index is -0.999. The summed E-state index contributed by atoms with van der Waals surface area (Å²) in [6.07, 6.45) is 3.81. The number of hydrogen-bond donors (Lipinski definition) is 5. The summed E-state index contributed by atoms with van der Waals surface area (Å²) in [5.74, 6) is -1.67. The maximum atomic E-state index is 13.6. The lowest BCUT2D eigenvalue weighted by Gasteiger charge is -2.30. The van der Waals surface area contributed by atoms with Crippen LogP contribution in [-0.4, -0.2) is 79.6 Å². The van der Waals surface area contributed by atoms with Gasteiger partial charge >= 0.3 is 6.09 Å². The van der Waals surface area contributed by atoms with Crippen molar-refractivity contribution in [2.24, 2.45) is 17.6 Å². The topological polar surface area (TPSA) is 166 Å². The van der Waals surface area contributed by atoms with Crippen LogP contribution in [0, 0.1) is 11.8 Å². The lowest BCUT2D eigenvalue weighted by molar-refractivity contribution is -0.120. The quantitative estimate of drug-likeness (QED) is 0.173. The van der Waals surface area contributed by atoms with Crippen molar-refractivity contribution in [3.63, 3.8) is 0 Å². The van der Waals surface area contributed by atoms with E-state index in [0.717, 1.165) is 6.08 Å². The zero-order valence-electron chi connectivity index (χ0n) is 25.0. The zero-order chi connectivity index (χ0) is 31.6. The monoisotopic (exact) mass is 605 g/mol. The third kappa shape index (κ3) is 9.41. The van der Waals surface area contributed by atoms with Gasteiger partial charge in [-0.1, -0.05) is 38.2 Å². The van der Waals surface area contributed by atoms with E-state index in [-0.39, 0.29) is 34.9 Å². The maximum Gasteiger partial charge on any atom is 0.405 e. The molecule has 1 heterocycles. The van der Waals surface area contributed by atoms with Crippen LogP contribution in [0.15, 0.2) is 58.5 Å². The van der Waals surface area contributed by atoms with Gasteiger partial charge in [0.1, 0.15) is 6.10 Å². The summed E-state index contributed by atoms with van der Waals surface area (Å²) in [7, 11) is 2.92. The largest absolute Gasteiger partial charge is 0.439 e. The first kappa shape index (κ1) is 35.0. The Morgan fingerprint density at radius 2 is 1.88 bits per heavy atom. The van der Waals surface area contributed by atoms with Crippen molar-refractivity contribution in [3.8, 4) is 0 Å². The molecule has 0 fully saturated rings. The van der Waals surface area contributed by atoms with Crippen molar-refractivity contribution in [2.45, 2.75) is 65.0 Å². The Bertz CT molecular complexity index is 1190. The predicted molar refractivity (Wildman–Crippen MR) is 161 cm³/mol. The third-order valence-electron chi connectivity index (χ3n) is 7.21. The summed E-state index contributed by atoms with van der Waals surface area (Å²) in [4.78, 5) is 51.3. The van der Waals surface area contributed by atoms with Crippen molar-refractivity contribution in [2.75, 3.05) is 26.5 Å². The molecular weight excluding hydrogens is 562 g/mol. The summed E-state index contributed by atoms with van der Waals surface area (Å²) in [6, 6.07) is 0. The molecule has 1 aliphatic heterocycles. The number of aliphatic hydroxyl groups is 1. The number of allylic oxidation sites excluding steroid dienone is 4. The van der Waals surface area contributed by atoms with E-state index in [2.05, 4.69) is 23.3 Å². The number of amides is 2. The van der Waals surface area contributed by atoms with Crippen LogP contribution in [0.25, 0.3) is 0 Å². The normalized spacial score (nSPS) is 31.7. The van der Waals surface area contributed by atoms with Gasteiger partial charge in [0.25, 0.3) is 5.91 Å². The minimum Gasteiger partial charge on any atom is -0.439 e. The first-order valence-corrected chi connectivity index (χ1v) is 14.4. The summed E-state index contributed by atoms with van der Waals surface area (Å²) in [5.41, 5.74) is 6.47. The number of carbonyl (C=O) groups is 4. The van der Waals surface area contributed by atoms with Gasteiger partial charge < -0.3 is 35.7 Å². The molecule has 11 nitrogen and oxygen atoms in total. The Kier molecular flexibility index (Phi) is 13.7. The molecular formula is C30H43N3O8S. The van der Waals surface area contributed by atoms with Crippen LogP contribution < -0.4 is 16.4 Å². The predicted octanol–water partition coefficient (Wildman–Crippen LogP) is 2.28.